The zero-order valence-corrected chi connectivity index (χ0v) is 15.4. The summed E-state index contributed by atoms with van der Waals surface area (Å²) in [6.45, 7) is 7.52. The molecule has 0 atom stereocenters. The van der Waals surface area contributed by atoms with Crippen LogP contribution in [-0.4, -0.2) is 15.7 Å². The summed E-state index contributed by atoms with van der Waals surface area (Å²) >= 11 is 5.26. The van der Waals surface area contributed by atoms with Gasteiger partial charge in [0.15, 0.2) is 5.11 Å². The average Bonchev–Trinajstić information content (AvgIpc) is 2.57. The summed E-state index contributed by atoms with van der Waals surface area (Å²) < 4.78 is 0. The third kappa shape index (κ3) is 4.60. The van der Waals surface area contributed by atoms with Crippen LogP contribution in [0, 0.1) is 30.9 Å². The minimum Gasteiger partial charge on any atom is -0.331 e. The second kappa shape index (κ2) is 7.85. The molecule has 0 unspecified atom stereocenters. The number of hydrazone groups is 1. The van der Waals surface area contributed by atoms with Gasteiger partial charge in [0.25, 0.3) is 5.69 Å². The van der Waals surface area contributed by atoms with Crippen LogP contribution >= 0.6 is 12.2 Å². The summed E-state index contributed by atoms with van der Waals surface area (Å²) in [6.07, 6.45) is 0. The molecule has 2 N–H and O–H groups in total. The van der Waals surface area contributed by atoms with Crippen molar-refractivity contribution >= 4 is 34.4 Å². The van der Waals surface area contributed by atoms with E-state index >= 15 is 0 Å². The van der Waals surface area contributed by atoms with Gasteiger partial charge < -0.3 is 5.32 Å². The molecule has 0 aliphatic heterocycles. The maximum absolute atomic E-state index is 11.0. The number of nitrogens with zero attached hydrogens (tertiary/aromatic N) is 2. The van der Waals surface area contributed by atoms with Crippen LogP contribution in [0.15, 0.2) is 41.5 Å². The molecular weight excluding hydrogens is 336 g/mol. The van der Waals surface area contributed by atoms with E-state index < -0.39 is 4.92 Å². The fraction of sp³-hybridized carbons (Fsp3) is 0.222. The number of hydrogen-bond acceptors (Lipinski definition) is 4. The fourth-order valence-corrected chi connectivity index (χ4v) is 2.42. The Morgan fingerprint density at radius 2 is 1.88 bits per heavy atom. The molecule has 7 heteroatoms. The zero-order chi connectivity index (χ0) is 18.6. The number of hydrogen-bond donors (Lipinski definition) is 2. The van der Waals surface area contributed by atoms with Crippen molar-refractivity contribution in [1.82, 2.24) is 5.43 Å². The SMILES string of the molecule is C/C(=N/NC(=S)Nc1cccc(C)c1C)c1ccc(C)c([N+](=O)[O-])c1. The molecule has 0 bridgehead atoms. The van der Waals surface area contributed by atoms with Gasteiger partial charge in [0.2, 0.25) is 0 Å². The lowest BCUT2D eigenvalue weighted by Gasteiger charge is -2.12. The Labute approximate surface area is 152 Å². The summed E-state index contributed by atoms with van der Waals surface area (Å²) in [6, 6.07) is 10.9. The topological polar surface area (TPSA) is 79.6 Å². The van der Waals surface area contributed by atoms with Crippen molar-refractivity contribution in [2.45, 2.75) is 27.7 Å². The van der Waals surface area contributed by atoms with Gasteiger partial charge in [-0.3, -0.25) is 15.5 Å². The molecule has 0 aliphatic rings. The first-order valence-corrected chi connectivity index (χ1v) is 8.13. The molecule has 2 aromatic rings. The van der Waals surface area contributed by atoms with Gasteiger partial charge >= 0.3 is 0 Å². The van der Waals surface area contributed by atoms with E-state index in [4.69, 9.17) is 12.2 Å². The molecule has 0 aliphatic carbocycles. The molecule has 0 saturated heterocycles. The third-order valence-electron chi connectivity index (χ3n) is 4.00. The van der Waals surface area contributed by atoms with Gasteiger partial charge in [-0.1, -0.05) is 24.3 Å². The van der Waals surface area contributed by atoms with Crippen LogP contribution in [-0.2, 0) is 0 Å². The Hall–Kier alpha value is -2.80. The van der Waals surface area contributed by atoms with E-state index in [2.05, 4.69) is 15.8 Å². The van der Waals surface area contributed by atoms with Gasteiger partial charge in [-0.15, -0.1) is 0 Å². The Morgan fingerprint density at radius 3 is 2.56 bits per heavy atom. The number of nitro benzene ring substituents is 1. The van der Waals surface area contributed by atoms with Crippen LogP contribution < -0.4 is 10.7 Å². The monoisotopic (exact) mass is 356 g/mol. The average molecular weight is 356 g/mol. The predicted octanol–water partition coefficient (Wildman–Crippen LogP) is 4.23. The highest BCUT2D eigenvalue weighted by atomic mass is 32.1. The smallest absolute Gasteiger partial charge is 0.272 e. The predicted molar refractivity (Wildman–Crippen MR) is 105 cm³/mol. The van der Waals surface area contributed by atoms with Crippen LogP contribution in [0.4, 0.5) is 11.4 Å². The number of nitro groups is 1. The first-order valence-electron chi connectivity index (χ1n) is 7.72. The summed E-state index contributed by atoms with van der Waals surface area (Å²) in [5.74, 6) is 0. The normalized spacial score (nSPS) is 11.1. The second-order valence-electron chi connectivity index (χ2n) is 5.77. The lowest BCUT2D eigenvalue weighted by atomic mass is 10.1. The van der Waals surface area contributed by atoms with Crippen LogP contribution in [0.25, 0.3) is 0 Å². The molecule has 25 heavy (non-hydrogen) atoms. The van der Waals surface area contributed by atoms with Crippen molar-refractivity contribution in [3.63, 3.8) is 0 Å². The molecule has 0 spiro atoms. The van der Waals surface area contributed by atoms with Crippen LogP contribution in [0.2, 0.25) is 0 Å². The Morgan fingerprint density at radius 1 is 1.16 bits per heavy atom. The zero-order valence-electron chi connectivity index (χ0n) is 14.6. The molecule has 0 fully saturated rings. The minimum absolute atomic E-state index is 0.0723. The lowest BCUT2D eigenvalue weighted by Crippen LogP contribution is -2.25. The van der Waals surface area contributed by atoms with E-state index in [1.807, 2.05) is 32.0 Å². The molecule has 6 nitrogen and oxygen atoms in total. The van der Waals surface area contributed by atoms with Gasteiger partial charge in [-0.2, -0.15) is 5.10 Å². The minimum atomic E-state index is -0.397. The summed E-state index contributed by atoms with van der Waals surface area (Å²) in [5.41, 5.74) is 7.93. The second-order valence-corrected chi connectivity index (χ2v) is 6.18. The Kier molecular flexibility index (Phi) is 5.82. The Balaban J connectivity index is 2.10. The van der Waals surface area contributed by atoms with Gasteiger partial charge in [-0.25, -0.2) is 0 Å². The highest BCUT2D eigenvalue weighted by Gasteiger charge is 2.12. The van der Waals surface area contributed by atoms with Crippen molar-refractivity contribution in [2.75, 3.05) is 5.32 Å². The number of anilines is 1. The highest BCUT2D eigenvalue weighted by Crippen LogP contribution is 2.20. The molecule has 0 radical (unpaired) electrons. The number of nitrogens with one attached hydrogen (secondary N) is 2. The molecule has 0 amide bonds. The van der Waals surface area contributed by atoms with E-state index in [1.54, 1.807) is 26.0 Å². The number of benzene rings is 2. The highest BCUT2D eigenvalue weighted by molar-refractivity contribution is 7.80. The van der Waals surface area contributed by atoms with E-state index in [0.29, 0.717) is 22.0 Å². The van der Waals surface area contributed by atoms with Crippen molar-refractivity contribution in [1.29, 1.82) is 0 Å². The number of rotatable bonds is 4. The van der Waals surface area contributed by atoms with Crippen molar-refractivity contribution < 1.29 is 4.92 Å². The molecule has 130 valence electrons. The van der Waals surface area contributed by atoms with E-state index in [9.17, 15) is 10.1 Å². The van der Waals surface area contributed by atoms with Gasteiger partial charge in [0.1, 0.15) is 0 Å². The van der Waals surface area contributed by atoms with Gasteiger partial charge in [0, 0.05) is 22.9 Å². The van der Waals surface area contributed by atoms with Crippen molar-refractivity contribution in [3.05, 3.63) is 68.8 Å². The fourth-order valence-electron chi connectivity index (χ4n) is 2.27. The van der Waals surface area contributed by atoms with Crippen LogP contribution in [0.5, 0.6) is 0 Å². The number of thiocarbonyl (C=S) groups is 1. The standard InChI is InChI=1S/C18H20N4O2S/c1-11-6-5-7-16(13(11)3)19-18(25)21-20-14(4)15-9-8-12(2)17(10-15)22(23)24/h5-10H,1-4H3,(H2,19,21,25)/b20-14-. The number of aryl methyl sites for hydroxylation is 2. The Bertz CT molecular complexity index is 862. The largest absolute Gasteiger partial charge is 0.331 e. The molecule has 0 saturated carbocycles. The lowest BCUT2D eigenvalue weighted by molar-refractivity contribution is -0.385. The van der Waals surface area contributed by atoms with Crippen LogP contribution in [0.1, 0.15) is 29.2 Å². The molecule has 0 heterocycles. The van der Waals surface area contributed by atoms with Gasteiger partial charge in [0.05, 0.1) is 10.6 Å². The molecule has 2 aromatic carbocycles. The van der Waals surface area contributed by atoms with Crippen LogP contribution in [0.3, 0.4) is 0 Å². The molecular formula is C18H20N4O2S. The van der Waals surface area contributed by atoms with E-state index in [-0.39, 0.29) is 5.69 Å². The van der Waals surface area contributed by atoms with Crippen molar-refractivity contribution in [2.24, 2.45) is 5.10 Å². The first kappa shape index (κ1) is 18.5. The maximum Gasteiger partial charge on any atom is 0.272 e. The summed E-state index contributed by atoms with van der Waals surface area (Å²) in [7, 11) is 0. The summed E-state index contributed by atoms with van der Waals surface area (Å²) in [4.78, 5) is 10.6. The van der Waals surface area contributed by atoms with E-state index in [0.717, 1.165) is 11.3 Å². The third-order valence-corrected chi connectivity index (χ3v) is 4.19. The summed E-state index contributed by atoms with van der Waals surface area (Å²) in [5, 5.41) is 18.7. The van der Waals surface area contributed by atoms with Crippen molar-refractivity contribution in [3.8, 4) is 0 Å². The van der Waals surface area contributed by atoms with Gasteiger partial charge in [-0.05, 0) is 57.1 Å². The first-order chi connectivity index (χ1) is 11.8. The van der Waals surface area contributed by atoms with E-state index in [1.165, 1.54) is 11.6 Å². The molecule has 2 rings (SSSR count). The maximum atomic E-state index is 11.0. The molecule has 0 aromatic heterocycles. The quantitative estimate of drug-likeness (QED) is 0.371.